The molecule has 0 bridgehead atoms. The number of aromatic amines is 1. The molecule has 1 aromatic carbocycles. The molecule has 0 saturated carbocycles. The summed E-state index contributed by atoms with van der Waals surface area (Å²) in [6.45, 7) is 9.71. The van der Waals surface area contributed by atoms with Crippen molar-refractivity contribution in [2.45, 2.75) is 52.6 Å². The molecule has 3 heterocycles. The van der Waals surface area contributed by atoms with Gasteiger partial charge < -0.3 is 14.3 Å². The Morgan fingerprint density at radius 1 is 1.24 bits per heavy atom. The standard InChI is InChI=1S/C23H30N4O2/c1-4-26(5-2)15-17-10-12-21(29-17)23(28)27-13-7-6-8-20(27)22-24-18-11-9-16(3)14-19(18)25-22/h9-12,14,20H,4-8,13,15H2,1-3H3,(H,24,25)/t20-/m0/s1. The Morgan fingerprint density at radius 3 is 2.86 bits per heavy atom. The fourth-order valence-electron chi connectivity index (χ4n) is 4.15. The van der Waals surface area contributed by atoms with E-state index in [0.29, 0.717) is 5.76 Å². The van der Waals surface area contributed by atoms with Crippen molar-refractivity contribution in [3.63, 3.8) is 0 Å². The third-order valence-electron chi connectivity index (χ3n) is 5.88. The van der Waals surface area contributed by atoms with Crippen LogP contribution in [-0.4, -0.2) is 45.3 Å². The molecular weight excluding hydrogens is 364 g/mol. The third kappa shape index (κ3) is 4.08. The number of carbonyl (C=O) groups is 1. The number of nitrogens with one attached hydrogen (secondary N) is 1. The van der Waals surface area contributed by atoms with Gasteiger partial charge in [-0.1, -0.05) is 19.9 Å². The molecule has 6 nitrogen and oxygen atoms in total. The van der Waals surface area contributed by atoms with Crippen LogP contribution in [-0.2, 0) is 6.54 Å². The molecule has 1 atom stereocenters. The molecule has 0 aliphatic carbocycles. The molecule has 29 heavy (non-hydrogen) atoms. The number of rotatable bonds is 6. The number of benzene rings is 1. The second-order valence-electron chi connectivity index (χ2n) is 7.88. The van der Waals surface area contributed by atoms with E-state index in [1.54, 1.807) is 0 Å². The molecule has 1 aliphatic heterocycles. The number of amides is 1. The van der Waals surface area contributed by atoms with Crippen molar-refractivity contribution in [3.8, 4) is 0 Å². The Bertz CT molecular complexity index is 986. The average molecular weight is 395 g/mol. The van der Waals surface area contributed by atoms with Crippen molar-refractivity contribution < 1.29 is 9.21 Å². The summed E-state index contributed by atoms with van der Waals surface area (Å²) in [5.41, 5.74) is 3.17. The predicted octanol–water partition coefficient (Wildman–Crippen LogP) is 4.67. The smallest absolute Gasteiger partial charge is 0.290 e. The van der Waals surface area contributed by atoms with E-state index in [9.17, 15) is 4.79 Å². The maximum atomic E-state index is 13.3. The van der Waals surface area contributed by atoms with Crippen molar-refractivity contribution in [1.29, 1.82) is 0 Å². The highest BCUT2D eigenvalue weighted by Crippen LogP contribution is 2.32. The van der Waals surface area contributed by atoms with E-state index in [0.717, 1.165) is 68.1 Å². The Morgan fingerprint density at radius 2 is 2.07 bits per heavy atom. The van der Waals surface area contributed by atoms with Crippen LogP contribution >= 0.6 is 0 Å². The van der Waals surface area contributed by atoms with Crippen molar-refractivity contribution in [2.24, 2.45) is 0 Å². The number of hydrogen-bond donors (Lipinski definition) is 1. The summed E-state index contributed by atoms with van der Waals surface area (Å²) in [6.07, 6.45) is 3.02. The van der Waals surface area contributed by atoms with Crippen molar-refractivity contribution >= 4 is 16.9 Å². The van der Waals surface area contributed by atoms with E-state index in [-0.39, 0.29) is 11.9 Å². The first-order valence-electron chi connectivity index (χ1n) is 10.7. The summed E-state index contributed by atoms with van der Waals surface area (Å²) in [5, 5.41) is 0. The van der Waals surface area contributed by atoms with E-state index in [1.807, 2.05) is 23.1 Å². The molecule has 1 amide bonds. The lowest BCUT2D eigenvalue weighted by Crippen LogP contribution is -2.38. The minimum Gasteiger partial charge on any atom is -0.455 e. The van der Waals surface area contributed by atoms with E-state index >= 15 is 0 Å². The average Bonchev–Trinajstić information content (AvgIpc) is 3.38. The Balaban J connectivity index is 1.56. The summed E-state index contributed by atoms with van der Waals surface area (Å²) in [6, 6.07) is 9.90. The van der Waals surface area contributed by atoms with Crippen molar-refractivity contribution in [2.75, 3.05) is 19.6 Å². The maximum Gasteiger partial charge on any atom is 0.290 e. The molecule has 0 unspecified atom stereocenters. The quantitative estimate of drug-likeness (QED) is 0.660. The van der Waals surface area contributed by atoms with Gasteiger partial charge in [-0.05, 0) is 69.1 Å². The van der Waals surface area contributed by atoms with E-state index < -0.39 is 0 Å². The Kier molecular flexibility index (Phi) is 5.72. The molecule has 2 aromatic heterocycles. The highest BCUT2D eigenvalue weighted by Gasteiger charge is 2.32. The maximum absolute atomic E-state index is 13.3. The number of H-pyrrole nitrogens is 1. The van der Waals surface area contributed by atoms with Gasteiger partial charge in [0.1, 0.15) is 11.6 Å². The number of nitrogens with zero attached hydrogens (tertiary/aromatic N) is 3. The van der Waals surface area contributed by atoms with Crippen molar-refractivity contribution in [3.05, 3.63) is 53.2 Å². The van der Waals surface area contributed by atoms with Crippen LogP contribution in [0.4, 0.5) is 0 Å². The first kappa shape index (κ1) is 19.7. The summed E-state index contributed by atoms with van der Waals surface area (Å²) in [7, 11) is 0. The zero-order valence-corrected chi connectivity index (χ0v) is 17.6. The number of piperidine rings is 1. The van der Waals surface area contributed by atoms with Crippen LogP contribution in [0, 0.1) is 6.92 Å². The monoisotopic (exact) mass is 394 g/mol. The minimum absolute atomic E-state index is 0.0414. The zero-order valence-electron chi connectivity index (χ0n) is 17.6. The number of carbonyl (C=O) groups excluding carboxylic acids is 1. The zero-order chi connectivity index (χ0) is 20.4. The number of fused-ring (bicyclic) bond motifs is 1. The van der Waals surface area contributed by atoms with Gasteiger partial charge in [-0.15, -0.1) is 0 Å². The van der Waals surface area contributed by atoms with Crippen LogP contribution in [0.15, 0.2) is 34.7 Å². The molecule has 1 fully saturated rings. The molecule has 1 aliphatic rings. The third-order valence-corrected chi connectivity index (χ3v) is 5.88. The fourth-order valence-corrected chi connectivity index (χ4v) is 4.15. The lowest BCUT2D eigenvalue weighted by Gasteiger charge is -2.33. The summed E-state index contributed by atoms with van der Waals surface area (Å²) in [4.78, 5) is 25.7. The van der Waals surface area contributed by atoms with Crippen LogP contribution < -0.4 is 0 Å². The van der Waals surface area contributed by atoms with Crippen LogP contribution in [0.25, 0.3) is 11.0 Å². The van der Waals surface area contributed by atoms with Crippen LogP contribution in [0.2, 0.25) is 0 Å². The highest BCUT2D eigenvalue weighted by molar-refractivity contribution is 5.92. The van der Waals surface area contributed by atoms with Gasteiger partial charge in [0.05, 0.1) is 23.6 Å². The molecule has 3 aromatic rings. The molecule has 1 N–H and O–H groups in total. The Hall–Kier alpha value is -2.60. The number of imidazole rings is 1. The minimum atomic E-state index is -0.0443. The lowest BCUT2D eigenvalue weighted by atomic mass is 10.0. The van der Waals surface area contributed by atoms with Crippen LogP contribution in [0.5, 0.6) is 0 Å². The normalized spacial score (nSPS) is 17.4. The second-order valence-corrected chi connectivity index (χ2v) is 7.88. The fraction of sp³-hybridized carbons (Fsp3) is 0.478. The molecule has 154 valence electrons. The molecular formula is C23H30N4O2. The molecule has 0 spiro atoms. The predicted molar refractivity (Wildman–Crippen MR) is 114 cm³/mol. The van der Waals surface area contributed by atoms with Crippen LogP contribution in [0.3, 0.4) is 0 Å². The van der Waals surface area contributed by atoms with E-state index in [2.05, 4.69) is 42.8 Å². The van der Waals surface area contributed by atoms with Gasteiger partial charge >= 0.3 is 0 Å². The lowest BCUT2D eigenvalue weighted by molar-refractivity contribution is 0.0565. The number of furan rings is 1. The second kappa shape index (κ2) is 8.41. The van der Waals surface area contributed by atoms with Gasteiger partial charge in [-0.25, -0.2) is 4.98 Å². The van der Waals surface area contributed by atoms with Gasteiger partial charge in [0.2, 0.25) is 0 Å². The van der Waals surface area contributed by atoms with Gasteiger partial charge in [0, 0.05) is 6.54 Å². The van der Waals surface area contributed by atoms with Crippen molar-refractivity contribution in [1.82, 2.24) is 19.8 Å². The highest BCUT2D eigenvalue weighted by atomic mass is 16.4. The van der Waals surface area contributed by atoms with Gasteiger partial charge in [-0.3, -0.25) is 9.69 Å². The number of likely N-dealkylation sites (tertiary alicyclic amines) is 1. The first-order valence-corrected chi connectivity index (χ1v) is 10.7. The van der Waals surface area contributed by atoms with Gasteiger partial charge in [-0.2, -0.15) is 0 Å². The van der Waals surface area contributed by atoms with Crippen LogP contribution in [0.1, 0.15) is 66.9 Å². The van der Waals surface area contributed by atoms with E-state index in [1.165, 1.54) is 5.56 Å². The molecule has 6 heteroatoms. The summed E-state index contributed by atoms with van der Waals surface area (Å²) < 4.78 is 5.93. The Labute approximate surface area is 171 Å². The summed E-state index contributed by atoms with van der Waals surface area (Å²) in [5.74, 6) is 2.08. The molecule has 0 radical (unpaired) electrons. The number of aromatic nitrogens is 2. The first-order chi connectivity index (χ1) is 14.1. The molecule has 4 rings (SSSR count). The molecule has 1 saturated heterocycles. The van der Waals surface area contributed by atoms with Gasteiger partial charge in [0.25, 0.3) is 5.91 Å². The summed E-state index contributed by atoms with van der Waals surface area (Å²) >= 11 is 0. The number of hydrogen-bond acceptors (Lipinski definition) is 4. The number of aryl methyl sites for hydroxylation is 1. The van der Waals surface area contributed by atoms with Gasteiger partial charge in [0.15, 0.2) is 5.76 Å². The van der Waals surface area contributed by atoms with E-state index in [4.69, 9.17) is 9.40 Å². The SMILES string of the molecule is CCN(CC)Cc1ccc(C(=O)N2CCCC[C@H]2c2nc3ccc(C)cc3[nH]2)o1. The topological polar surface area (TPSA) is 65.4 Å². The largest absolute Gasteiger partial charge is 0.455 e.